The molecule has 1 aromatic carbocycles. The lowest BCUT2D eigenvalue weighted by molar-refractivity contribution is -0.138. The van der Waals surface area contributed by atoms with Gasteiger partial charge in [0.25, 0.3) is 0 Å². The van der Waals surface area contributed by atoms with Crippen LogP contribution in [0.25, 0.3) is 0 Å². The lowest BCUT2D eigenvalue weighted by Gasteiger charge is -2.32. The molecule has 0 atom stereocenters. The van der Waals surface area contributed by atoms with Crippen LogP contribution in [-0.2, 0) is 12.7 Å². The highest BCUT2D eigenvalue weighted by molar-refractivity contribution is 7.98. The second-order valence-corrected chi connectivity index (χ2v) is 5.98. The fourth-order valence-electron chi connectivity index (χ4n) is 2.33. The summed E-state index contributed by atoms with van der Waals surface area (Å²) in [5, 5.41) is 0. The molecular weight excluding hydrogens is 285 g/mol. The maximum atomic E-state index is 13.1. The molecule has 1 heterocycles. The largest absolute Gasteiger partial charge is 0.416 e. The van der Waals surface area contributed by atoms with Crippen molar-refractivity contribution in [1.82, 2.24) is 9.80 Å². The van der Waals surface area contributed by atoms with Gasteiger partial charge in [0.1, 0.15) is 0 Å². The lowest BCUT2D eigenvalue weighted by atomic mass is 10.1. The summed E-state index contributed by atoms with van der Waals surface area (Å²) in [5.41, 5.74) is -0.122. The molecule has 6 heteroatoms. The minimum absolute atomic E-state index is 0.372. The third kappa shape index (κ3) is 3.90. The first-order valence-corrected chi connectivity index (χ1v) is 7.77. The summed E-state index contributed by atoms with van der Waals surface area (Å²) in [6.45, 7) is 3.82. The second-order valence-electron chi connectivity index (χ2n) is 5.10. The summed E-state index contributed by atoms with van der Waals surface area (Å²) in [4.78, 5) is 4.93. The number of alkyl halides is 3. The van der Waals surface area contributed by atoms with Crippen molar-refractivity contribution in [2.45, 2.75) is 17.6 Å². The standard InChI is InChI=1S/C14H19F3N2S/c1-18-5-7-19(8-6-18)10-11-3-4-12(20-2)9-13(11)14(15,16)17/h3-4,9H,5-8,10H2,1-2H3. The van der Waals surface area contributed by atoms with Crippen LogP contribution in [0, 0.1) is 0 Å². The summed E-state index contributed by atoms with van der Waals surface area (Å²) in [6.07, 6.45) is -2.50. The first-order chi connectivity index (χ1) is 9.40. The second kappa shape index (κ2) is 6.37. The zero-order valence-corrected chi connectivity index (χ0v) is 12.5. The fourth-order valence-corrected chi connectivity index (χ4v) is 2.77. The van der Waals surface area contributed by atoms with Crippen LogP contribution in [0.5, 0.6) is 0 Å². The summed E-state index contributed by atoms with van der Waals surface area (Å²) in [6, 6.07) is 4.65. The van der Waals surface area contributed by atoms with Crippen molar-refractivity contribution >= 4 is 11.8 Å². The number of likely N-dealkylation sites (N-methyl/N-ethyl adjacent to an activating group) is 1. The molecular formula is C14H19F3N2S. The Morgan fingerprint density at radius 3 is 2.35 bits per heavy atom. The predicted octanol–water partition coefficient (Wildman–Crippen LogP) is 3.17. The Balaban J connectivity index is 2.18. The number of benzene rings is 1. The predicted molar refractivity (Wildman–Crippen MR) is 76.0 cm³/mol. The van der Waals surface area contributed by atoms with Gasteiger partial charge in [0.05, 0.1) is 5.56 Å². The number of halogens is 3. The van der Waals surface area contributed by atoms with E-state index in [0.29, 0.717) is 17.0 Å². The molecule has 0 saturated carbocycles. The van der Waals surface area contributed by atoms with Gasteiger partial charge in [0.15, 0.2) is 0 Å². The number of piperazine rings is 1. The van der Waals surface area contributed by atoms with Gasteiger partial charge in [-0.1, -0.05) is 6.07 Å². The van der Waals surface area contributed by atoms with Gasteiger partial charge in [-0.2, -0.15) is 13.2 Å². The van der Waals surface area contributed by atoms with Gasteiger partial charge >= 0.3 is 6.18 Å². The van der Waals surface area contributed by atoms with Crippen LogP contribution in [0.2, 0.25) is 0 Å². The molecule has 112 valence electrons. The van der Waals surface area contributed by atoms with Crippen LogP contribution in [0.1, 0.15) is 11.1 Å². The minimum Gasteiger partial charge on any atom is -0.304 e. The zero-order chi connectivity index (χ0) is 14.8. The van der Waals surface area contributed by atoms with E-state index in [1.807, 2.05) is 7.05 Å². The SMILES string of the molecule is CSc1ccc(CN2CCN(C)CC2)c(C(F)(F)F)c1. The molecule has 0 N–H and O–H groups in total. The number of hydrogen-bond donors (Lipinski definition) is 0. The van der Waals surface area contributed by atoms with Crippen LogP contribution in [0.15, 0.2) is 23.1 Å². The smallest absolute Gasteiger partial charge is 0.304 e. The average Bonchev–Trinajstić information content (AvgIpc) is 2.40. The van der Waals surface area contributed by atoms with Crippen molar-refractivity contribution in [2.24, 2.45) is 0 Å². The van der Waals surface area contributed by atoms with Gasteiger partial charge in [0.2, 0.25) is 0 Å². The number of hydrogen-bond acceptors (Lipinski definition) is 3. The number of nitrogens with zero attached hydrogens (tertiary/aromatic N) is 2. The van der Waals surface area contributed by atoms with E-state index in [1.165, 1.54) is 17.8 Å². The molecule has 1 fully saturated rings. The highest BCUT2D eigenvalue weighted by atomic mass is 32.2. The molecule has 20 heavy (non-hydrogen) atoms. The Morgan fingerprint density at radius 2 is 1.80 bits per heavy atom. The van der Waals surface area contributed by atoms with Crippen LogP contribution < -0.4 is 0 Å². The maximum Gasteiger partial charge on any atom is 0.416 e. The van der Waals surface area contributed by atoms with E-state index < -0.39 is 11.7 Å². The molecule has 1 aliphatic rings. The Labute approximate surface area is 121 Å². The molecule has 0 amide bonds. The normalized spacial score (nSPS) is 18.4. The number of rotatable bonds is 3. The van der Waals surface area contributed by atoms with E-state index in [1.54, 1.807) is 18.4 Å². The van der Waals surface area contributed by atoms with Crippen molar-refractivity contribution in [3.8, 4) is 0 Å². The topological polar surface area (TPSA) is 6.48 Å². The molecule has 1 aromatic rings. The quantitative estimate of drug-likeness (QED) is 0.792. The van der Waals surface area contributed by atoms with Gasteiger partial charge in [-0.05, 0) is 31.0 Å². The van der Waals surface area contributed by atoms with Crippen LogP contribution in [0.4, 0.5) is 13.2 Å². The highest BCUT2D eigenvalue weighted by Crippen LogP contribution is 2.35. The molecule has 1 aliphatic heterocycles. The van der Waals surface area contributed by atoms with Gasteiger partial charge < -0.3 is 4.90 Å². The van der Waals surface area contributed by atoms with Crippen LogP contribution in [0.3, 0.4) is 0 Å². The molecule has 2 nitrogen and oxygen atoms in total. The third-order valence-corrected chi connectivity index (χ3v) is 4.34. The first kappa shape index (κ1) is 15.7. The van der Waals surface area contributed by atoms with Crippen molar-refractivity contribution in [1.29, 1.82) is 0 Å². The molecule has 0 spiro atoms. The first-order valence-electron chi connectivity index (χ1n) is 6.55. The minimum atomic E-state index is -4.28. The van der Waals surface area contributed by atoms with E-state index in [-0.39, 0.29) is 0 Å². The fraction of sp³-hybridized carbons (Fsp3) is 0.571. The summed E-state index contributed by atoms with van der Waals surface area (Å²) in [7, 11) is 2.03. The molecule has 1 saturated heterocycles. The molecule has 0 unspecified atom stereocenters. The van der Waals surface area contributed by atoms with Gasteiger partial charge in [-0.3, -0.25) is 4.90 Å². The van der Waals surface area contributed by atoms with Crippen molar-refractivity contribution in [3.63, 3.8) is 0 Å². The molecule has 0 bridgehead atoms. The Morgan fingerprint density at radius 1 is 1.15 bits per heavy atom. The van der Waals surface area contributed by atoms with Crippen molar-refractivity contribution in [2.75, 3.05) is 39.5 Å². The molecule has 2 rings (SSSR count). The Kier molecular flexibility index (Phi) is 4.99. The monoisotopic (exact) mass is 304 g/mol. The average molecular weight is 304 g/mol. The summed E-state index contributed by atoms with van der Waals surface area (Å²) in [5.74, 6) is 0. The lowest BCUT2D eigenvalue weighted by Crippen LogP contribution is -2.44. The van der Waals surface area contributed by atoms with Gasteiger partial charge in [-0.15, -0.1) is 11.8 Å². The molecule has 0 aromatic heterocycles. The zero-order valence-electron chi connectivity index (χ0n) is 11.7. The summed E-state index contributed by atoms with van der Waals surface area (Å²) < 4.78 is 39.4. The summed E-state index contributed by atoms with van der Waals surface area (Å²) >= 11 is 1.33. The Bertz CT molecular complexity index is 454. The van der Waals surface area contributed by atoms with E-state index in [0.717, 1.165) is 26.2 Å². The van der Waals surface area contributed by atoms with E-state index in [9.17, 15) is 13.2 Å². The maximum absolute atomic E-state index is 13.1. The van der Waals surface area contributed by atoms with Gasteiger partial charge in [-0.25, -0.2) is 0 Å². The molecule has 0 radical (unpaired) electrons. The molecule has 0 aliphatic carbocycles. The van der Waals surface area contributed by atoms with E-state index in [4.69, 9.17) is 0 Å². The van der Waals surface area contributed by atoms with E-state index >= 15 is 0 Å². The third-order valence-electron chi connectivity index (χ3n) is 3.61. The van der Waals surface area contributed by atoms with Crippen LogP contribution >= 0.6 is 11.8 Å². The van der Waals surface area contributed by atoms with Crippen molar-refractivity contribution < 1.29 is 13.2 Å². The van der Waals surface area contributed by atoms with Gasteiger partial charge in [0, 0.05) is 37.6 Å². The van der Waals surface area contributed by atoms with E-state index in [2.05, 4.69) is 9.80 Å². The van der Waals surface area contributed by atoms with Crippen LogP contribution in [-0.4, -0.2) is 49.3 Å². The number of thioether (sulfide) groups is 1. The van der Waals surface area contributed by atoms with Crippen molar-refractivity contribution in [3.05, 3.63) is 29.3 Å². The Hall–Kier alpha value is -0.720. The highest BCUT2D eigenvalue weighted by Gasteiger charge is 2.34.